The summed E-state index contributed by atoms with van der Waals surface area (Å²) in [4.78, 5) is 9.91. The summed E-state index contributed by atoms with van der Waals surface area (Å²) in [6.07, 6.45) is -5.62. The number of halogens is 3. The monoisotopic (exact) mass is 155 g/mol. The Bertz CT molecular complexity index is 117. The van der Waals surface area contributed by atoms with Crippen LogP contribution in [-0.2, 0) is 4.79 Å². The quantitative estimate of drug-likeness (QED) is 0.642. The summed E-state index contributed by atoms with van der Waals surface area (Å²) in [5, 5.41) is 0. The average molecular weight is 155 g/mol. The fraction of sp³-hybridized carbons (Fsp3) is 0.800. The number of hydrogen-bond donors (Lipinski definition) is 1. The number of primary amides is 1. The third-order valence-corrected chi connectivity index (χ3v) is 0.947. The van der Waals surface area contributed by atoms with E-state index in [4.69, 9.17) is 0 Å². The number of carbonyl (C=O) groups excluding carboxylic acids is 1. The molecule has 0 radical (unpaired) electrons. The van der Waals surface area contributed by atoms with Crippen molar-refractivity contribution in [3.8, 4) is 0 Å². The minimum Gasteiger partial charge on any atom is -0.367 e. The normalized spacial score (nSPS) is 13.6. The zero-order valence-corrected chi connectivity index (χ0v) is 5.19. The van der Waals surface area contributed by atoms with Crippen LogP contribution in [0.15, 0.2) is 0 Å². The van der Waals surface area contributed by atoms with Gasteiger partial charge in [-0.15, -0.1) is 0 Å². The maximum atomic E-state index is 12.1. The number of hydrogen-bond acceptors (Lipinski definition) is 1. The van der Waals surface area contributed by atoms with Crippen molar-refractivity contribution in [3.63, 3.8) is 0 Å². The van der Waals surface area contributed by atoms with Crippen LogP contribution in [0.2, 0.25) is 0 Å². The second-order valence-electron chi connectivity index (χ2n) is 1.84. The molecule has 0 saturated carbocycles. The van der Waals surface area contributed by atoms with Gasteiger partial charge < -0.3 is 5.73 Å². The van der Waals surface area contributed by atoms with Crippen molar-refractivity contribution < 1.29 is 18.0 Å². The largest absolute Gasteiger partial charge is 0.367 e. The lowest BCUT2D eigenvalue weighted by Crippen LogP contribution is -2.24. The van der Waals surface area contributed by atoms with E-state index in [1.165, 1.54) is 0 Å². The lowest BCUT2D eigenvalue weighted by atomic mass is 10.2. The van der Waals surface area contributed by atoms with Crippen LogP contribution in [0.3, 0.4) is 0 Å². The van der Waals surface area contributed by atoms with Crippen molar-refractivity contribution in [3.05, 3.63) is 0 Å². The molecule has 2 N–H and O–H groups in total. The number of amides is 1. The predicted octanol–water partition coefficient (Wildman–Crippen LogP) is 0.855. The van der Waals surface area contributed by atoms with Crippen molar-refractivity contribution in [1.82, 2.24) is 0 Å². The standard InChI is InChI=1S/C5H8F3NO/c6-3(5(9)10)1-2-4(7)8/h3-4H,1-2H2,(H2,9,10). The first kappa shape index (κ1) is 9.26. The van der Waals surface area contributed by atoms with E-state index in [2.05, 4.69) is 5.73 Å². The molecule has 0 aliphatic carbocycles. The first-order valence-corrected chi connectivity index (χ1v) is 2.75. The van der Waals surface area contributed by atoms with Gasteiger partial charge in [0.1, 0.15) is 0 Å². The van der Waals surface area contributed by atoms with Crippen LogP contribution >= 0.6 is 0 Å². The maximum Gasteiger partial charge on any atom is 0.251 e. The summed E-state index contributed by atoms with van der Waals surface area (Å²) in [6.45, 7) is 0. The first-order chi connectivity index (χ1) is 4.54. The van der Waals surface area contributed by atoms with Crippen molar-refractivity contribution >= 4 is 5.91 Å². The summed E-state index contributed by atoms with van der Waals surface area (Å²) in [5.74, 6) is -1.18. The van der Waals surface area contributed by atoms with Gasteiger partial charge >= 0.3 is 0 Å². The fourth-order valence-corrected chi connectivity index (χ4v) is 0.415. The second-order valence-corrected chi connectivity index (χ2v) is 1.84. The van der Waals surface area contributed by atoms with Gasteiger partial charge in [0.15, 0.2) is 6.17 Å². The molecule has 0 rings (SSSR count). The Labute approximate surface area is 56.2 Å². The predicted molar refractivity (Wildman–Crippen MR) is 29.3 cm³/mol. The molecular weight excluding hydrogens is 147 g/mol. The van der Waals surface area contributed by atoms with E-state index in [-0.39, 0.29) is 0 Å². The van der Waals surface area contributed by atoms with Crippen molar-refractivity contribution in [2.75, 3.05) is 0 Å². The number of rotatable bonds is 4. The van der Waals surface area contributed by atoms with E-state index in [1.807, 2.05) is 0 Å². The van der Waals surface area contributed by atoms with E-state index in [1.54, 1.807) is 0 Å². The SMILES string of the molecule is NC(=O)C(F)CCC(F)F. The third-order valence-electron chi connectivity index (χ3n) is 0.947. The lowest BCUT2D eigenvalue weighted by Gasteiger charge is -2.01. The average Bonchev–Trinajstić information content (AvgIpc) is 1.82. The van der Waals surface area contributed by atoms with Crippen LogP contribution in [0.25, 0.3) is 0 Å². The van der Waals surface area contributed by atoms with Crippen LogP contribution in [0.4, 0.5) is 13.2 Å². The minimum absolute atomic E-state index is 0.493. The molecule has 60 valence electrons. The Morgan fingerprint density at radius 1 is 1.30 bits per heavy atom. The summed E-state index contributed by atoms with van der Waals surface area (Å²) in [6, 6.07) is 0. The Hall–Kier alpha value is -0.740. The van der Waals surface area contributed by atoms with Crippen LogP contribution in [0.5, 0.6) is 0 Å². The van der Waals surface area contributed by atoms with E-state index < -0.39 is 31.3 Å². The molecule has 10 heavy (non-hydrogen) atoms. The van der Waals surface area contributed by atoms with Gasteiger partial charge in [-0.05, 0) is 6.42 Å². The highest BCUT2D eigenvalue weighted by molar-refractivity contribution is 5.78. The van der Waals surface area contributed by atoms with Gasteiger partial charge in [-0.1, -0.05) is 0 Å². The van der Waals surface area contributed by atoms with Gasteiger partial charge in [0.05, 0.1) is 0 Å². The summed E-state index contributed by atoms with van der Waals surface area (Å²) < 4.78 is 34.8. The molecule has 0 fully saturated rings. The summed E-state index contributed by atoms with van der Waals surface area (Å²) in [7, 11) is 0. The minimum atomic E-state index is -2.57. The number of alkyl halides is 3. The number of carbonyl (C=O) groups is 1. The molecule has 0 bridgehead atoms. The van der Waals surface area contributed by atoms with Gasteiger partial charge in [0, 0.05) is 6.42 Å². The fourth-order valence-electron chi connectivity index (χ4n) is 0.415. The highest BCUT2D eigenvalue weighted by Crippen LogP contribution is 2.07. The molecule has 1 unspecified atom stereocenters. The van der Waals surface area contributed by atoms with E-state index >= 15 is 0 Å². The zero-order chi connectivity index (χ0) is 8.15. The molecule has 0 aromatic rings. The van der Waals surface area contributed by atoms with Gasteiger partial charge in [-0.2, -0.15) is 0 Å². The third kappa shape index (κ3) is 4.17. The molecule has 5 heteroatoms. The molecule has 0 aromatic carbocycles. The zero-order valence-electron chi connectivity index (χ0n) is 5.19. The summed E-state index contributed by atoms with van der Waals surface area (Å²) in [5.41, 5.74) is 4.46. The van der Waals surface area contributed by atoms with Gasteiger partial charge in [-0.3, -0.25) is 4.79 Å². The Morgan fingerprint density at radius 3 is 2.10 bits per heavy atom. The maximum absolute atomic E-state index is 12.1. The van der Waals surface area contributed by atoms with Crippen molar-refractivity contribution in [2.45, 2.75) is 25.4 Å². The molecule has 1 amide bonds. The molecule has 0 aliphatic heterocycles. The second kappa shape index (κ2) is 4.14. The molecular formula is C5H8F3NO. The molecule has 0 aliphatic rings. The Morgan fingerprint density at radius 2 is 1.80 bits per heavy atom. The van der Waals surface area contributed by atoms with E-state index in [0.717, 1.165) is 0 Å². The molecule has 0 aromatic heterocycles. The van der Waals surface area contributed by atoms with Crippen LogP contribution in [0, 0.1) is 0 Å². The van der Waals surface area contributed by atoms with Gasteiger partial charge in [0.2, 0.25) is 6.43 Å². The lowest BCUT2D eigenvalue weighted by molar-refractivity contribution is -0.123. The number of nitrogens with two attached hydrogens (primary N) is 1. The smallest absolute Gasteiger partial charge is 0.251 e. The molecule has 1 atom stereocenters. The van der Waals surface area contributed by atoms with E-state index in [9.17, 15) is 18.0 Å². The molecule has 2 nitrogen and oxygen atoms in total. The van der Waals surface area contributed by atoms with Crippen LogP contribution < -0.4 is 5.73 Å². The highest BCUT2D eigenvalue weighted by Gasteiger charge is 2.15. The van der Waals surface area contributed by atoms with Crippen molar-refractivity contribution in [1.29, 1.82) is 0 Å². The van der Waals surface area contributed by atoms with E-state index in [0.29, 0.717) is 0 Å². The molecule has 0 saturated heterocycles. The molecule has 0 spiro atoms. The summed E-state index contributed by atoms with van der Waals surface area (Å²) >= 11 is 0. The Kier molecular flexibility index (Phi) is 3.83. The van der Waals surface area contributed by atoms with Crippen molar-refractivity contribution in [2.24, 2.45) is 5.73 Å². The van der Waals surface area contributed by atoms with Crippen LogP contribution in [0.1, 0.15) is 12.8 Å². The first-order valence-electron chi connectivity index (χ1n) is 2.75. The van der Waals surface area contributed by atoms with Gasteiger partial charge in [0.25, 0.3) is 5.91 Å². The topological polar surface area (TPSA) is 43.1 Å². The highest BCUT2D eigenvalue weighted by atomic mass is 19.3. The molecule has 0 heterocycles. The van der Waals surface area contributed by atoms with Gasteiger partial charge in [-0.25, -0.2) is 13.2 Å². The van der Waals surface area contributed by atoms with Crippen LogP contribution in [-0.4, -0.2) is 18.5 Å². The Balaban J connectivity index is 3.40.